The van der Waals surface area contributed by atoms with E-state index in [1.54, 1.807) is 4.52 Å². The lowest BCUT2D eigenvalue weighted by atomic mass is 9.87. The van der Waals surface area contributed by atoms with E-state index in [4.69, 9.17) is 20.6 Å². The molecule has 2 aromatic heterocycles. The molecule has 1 aliphatic heterocycles. The first-order valence-electron chi connectivity index (χ1n) is 12.3. The van der Waals surface area contributed by atoms with E-state index < -0.39 is 0 Å². The summed E-state index contributed by atoms with van der Waals surface area (Å²) in [5.41, 5.74) is 9.30. The highest BCUT2D eigenvalue weighted by molar-refractivity contribution is 5.70. The van der Waals surface area contributed by atoms with Crippen LogP contribution in [0.25, 0.3) is 16.9 Å². The number of H-pyrrole nitrogens is 1. The zero-order chi connectivity index (χ0) is 22.9. The van der Waals surface area contributed by atoms with Crippen LogP contribution in [0.1, 0.15) is 69.3 Å². The van der Waals surface area contributed by atoms with Gasteiger partial charge in [-0.05, 0) is 51.7 Å². The summed E-state index contributed by atoms with van der Waals surface area (Å²) in [6, 6.07) is 6.40. The lowest BCUT2D eigenvalue weighted by Gasteiger charge is -2.32. The van der Waals surface area contributed by atoms with Gasteiger partial charge in [0.15, 0.2) is 11.3 Å². The van der Waals surface area contributed by atoms with E-state index in [2.05, 4.69) is 16.0 Å². The average Bonchev–Trinajstić information content (AvgIpc) is 3.17. The molecule has 33 heavy (non-hydrogen) atoms. The van der Waals surface area contributed by atoms with Crippen molar-refractivity contribution in [2.45, 2.75) is 70.8 Å². The van der Waals surface area contributed by atoms with Crippen molar-refractivity contribution < 1.29 is 4.74 Å². The Hall–Kier alpha value is -2.87. The highest BCUT2D eigenvalue weighted by Crippen LogP contribution is 2.35. The predicted octanol–water partition coefficient (Wildman–Crippen LogP) is 3.77. The maximum Gasteiger partial charge on any atom is 0.277 e. The van der Waals surface area contributed by atoms with E-state index >= 15 is 0 Å². The normalized spacial score (nSPS) is 18.2. The summed E-state index contributed by atoms with van der Waals surface area (Å²) in [4.78, 5) is 23.4. The molecule has 8 nitrogen and oxygen atoms in total. The molecular weight excluding hydrogens is 416 g/mol. The van der Waals surface area contributed by atoms with E-state index in [0.717, 1.165) is 67.3 Å². The van der Waals surface area contributed by atoms with Crippen LogP contribution in [0.2, 0.25) is 0 Å². The second kappa shape index (κ2) is 9.17. The fourth-order valence-corrected chi connectivity index (χ4v) is 5.29. The fourth-order valence-electron chi connectivity index (χ4n) is 5.29. The van der Waals surface area contributed by atoms with Crippen molar-refractivity contribution >= 4 is 11.2 Å². The lowest BCUT2D eigenvalue weighted by molar-refractivity contribution is 0.341. The molecule has 3 heterocycles. The molecular formula is C25H34N6O2. The van der Waals surface area contributed by atoms with E-state index in [1.807, 2.05) is 26.0 Å². The van der Waals surface area contributed by atoms with Crippen LogP contribution >= 0.6 is 0 Å². The number of aryl methyl sites for hydroxylation is 1. The molecule has 1 saturated carbocycles. The first-order chi connectivity index (χ1) is 16.0. The maximum absolute atomic E-state index is 13.2. The van der Waals surface area contributed by atoms with E-state index in [1.165, 1.54) is 19.3 Å². The third-order valence-corrected chi connectivity index (χ3v) is 7.11. The standard InChI is InChI=1S/C25H34N6O2/c1-3-33-21-15-19(30-13-11-18(26)12-14-30)9-10-20(21)24-28-25(32)23-22(17-7-5-4-6-8-17)27-16(2)31(23)29-24/h9-10,15,17-18H,3-8,11-14,26H2,1-2H3,(H,28,29,32). The van der Waals surface area contributed by atoms with Crippen LogP contribution in [-0.2, 0) is 0 Å². The number of hydrogen-bond donors (Lipinski definition) is 2. The van der Waals surface area contributed by atoms with Crippen molar-refractivity contribution in [1.29, 1.82) is 0 Å². The van der Waals surface area contributed by atoms with Crippen molar-refractivity contribution in [2.24, 2.45) is 5.73 Å². The summed E-state index contributed by atoms with van der Waals surface area (Å²) in [6.45, 7) is 6.29. The van der Waals surface area contributed by atoms with Crippen LogP contribution in [0, 0.1) is 6.92 Å². The quantitative estimate of drug-likeness (QED) is 0.614. The molecule has 0 unspecified atom stereocenters. The Morgan fingerprint density at radius 2 is 1.91 bits per heavy atom. The van der Waals surface area contributed by atoms with Gasteiger partial charge in [-0.3, -0.25) is 4.79 Å². The van der Waals surface area contributed by atoms with Crippen LogP contribution in [0.3, 0.4) is 0 Å². The number of fused-ring (bicyclic) bond motifs is 1. The van der Waals surface area contributed by atoms with Crippen molar-refractivity contribution in [3.63, 3.8) is 0 Å². The average molecular weight is 451 g/mol. The van der Waals surface area contributed by atoms with Gasteiger partial charge in [-0.25, -0.2) is 9.50 Å². The molecule has 2 aliphatic rings. The minimum atomic E-state index is -0.141. The third-order valence-electron chi connectivity index (χ3n) is 7.11. The summed E-state index contributed by atoms with van der Waals surface area (Å²) in [6.07, 6.45) is 7.80. The molecule has 0 amide bonds. The first-order valence-corrected chi connectivity index (χ1v) is 12.3. The number of aromatic nitrogens is 4. The molecule has 2 fully saturated rings. The van der Waals surface area contributed by atoms with Crippen LogP contribution < -0.4 is 20.9 Å². The van der Waals surface area contributed by atoms with Crippen LogP contribution in [0.5, 0.6) is 5.75 Å². The van der Waals surface area contributed by atoms with Gasteiger partial charge in [-0.15, -0.1) is 5.10 Å². The molecule has 1 aliphatic carbocycles. The second-order valence-corrected chi connectivity index (χ2v) is 9.38. The number of nitrogens with zero attached hydrogens (tertiary/aromatic N) is 4. The Morgan fingerprint density at radius 3 is 2.64 bits per heavy atom. The Morgan fingerprint density at radius 1 is 1.15 bits per heavy atom. The number of ether oxygens (including phenoxy) is 1. The largest absolute Gasteiger partial charge is 0.493 e. The van der Waals surface area contributed by atoms with Crippen molar-refractivity contribution in [3.05, 3.63) is 40.1 Å². The van der Waals surface area contributed by atoms with Gasteiger partial charge in [-0.2, -0.15) is 0 Å². The monoisotopic (exact) mass is 450 g/mol. The zero-order valence-electron chi connectivity index (χ0n) is 19.6. The molecule has 8 heteroatoms. The summed E-state index contributed by atoms with van der Waals surface area (Å²) in [7, 11) is 0. The Kier molecular flexibility index (Phi) is 6.10. The third kappa shape index (κ3) is 4.24. The summed E-state index contributed by atoms with van der Waals surface area (Å²) in [5, 5.41) is 4.80. The molecule has 1 saturated heterocycles. The molecule has 3 aromatic rings. The van der Waals surface area contributed by atoms with E-state index in [9.17, 15) is 4.79 Å². The zero-order valence-corrected chi connectivity index (χ0v) is 19.6. The molecule has 0 spiro atoms. The Balaban J connectivity index is 1.54. The molecule has 0 radical (unpaired) electrons. The summed E-state index contributed by atoms with van der Waals surface area (Å²) < 4.78 is 7.70. The predicted molar refractivity (Wildman–Crippen MR) is 130 cm³/mol. The maximum atomic E-state index is 13.2. The SMILES string of the molecule is CCOc1cc(N2CCC(N)CC2)ccc1-c1nn2c(C)nc(C3CCCCC3)c2c(=O)[nH]1. The minimum absolute atomic E-state index is 0.141. The number of nitrogens with one attached hydrogen (secondary N) is 1. The highest BCUT2D eigenvalue weighted by atomic mass is 16.5. The van der Waals surface area contributed by atoms with Gasteiger partial charge in [0.2, 0.25) is 0 Å². The van der Waals surface area contributed by atoms with E-state index in [-0.39, 0.29) is 11.6 Å². The number of aromatic amines is 1. The van der Waals surface area contributed by atoms with Gasteiger partial charge in [-0.1, -0.05) is 19.3 Å². The summed E-state index contributed by atoms with van der Waals surface area (Å²) >= 11 is 0. The Bertz CT molecular complexity index is 1190. The molecule has 3 N–H and O–H groups in total. The minimum Gasteiger partial charge on any atom is -0.493 e. The molecule has 1 aromatic carbocycles. The number of rotatable bonds is 5. The molecule has 0 atom stereocenters. The number of imidazole rings is 1. The van der Waals surface area contributed by atoms with Crippen molar-refractivity contribution in [1.82, 2.24) is 19.6 Å². The number of hydrogen-bond acceptors (Lipinski definition) is 6. The highest BCUT2D eigenvalue weighted by Gasteiger charge is 2.25. The number of piperidine rings is 1. The van der Waals surface area contributed by atoms with E-state index in [0.29, 0.717) is 23.9 Å². The van der Waals surface area contributed by atoms with Crippen molar-refractivity contribution in [2.75, 3.05) is 24.6 Å². The van der Waals surface area contributed by atoms with Gasteiger partial charge in [0.25, 0.3) is 5.56 Å². The fraction of sp³-hybridized carbons (Fsp3) is 0.560. The Labute approximate surface area is 194 Å². The van der Waals surface area contributed by atoms with Gasteiger partial charge >= 0.3 is 0 Å². The van der Waals surface area contributed by atoms with Gasteiger partial charge < -0.3 is 20.4 Å². The van der Waals surface area contributed by atoms with Crippen LogP contribution in [-0.4, -0.2) is 45.3 Å². The van der Waals surface area contributed by atoms with Crippen molar-refractivity contribution in [3.8, 4) is 17.1 Å². The number of benzene rings is 1. The molecule has 5 rings (SSSR count). The van der Waals surface area contributed by atoms with Crippen LogP contribution in [0.15, 0.2) is 23.0 Å². The molecule has 0 bridgehead atoms. The second-order valence-electron chi connectivity index (χ2n) is 9.38. The number of nitrogens with two attached hydrogens (primary N) is 1. The van der Waals surface area contributed by atoms with Crippen LogP contribution in [0.4, 0.5) is 5.69 Å². The smallest absolute Gasteiger partial charge is 0.277 e. The lowest BCUT2D eigenvalue weighted by Crippen LogP contribution is -2.39. The van der Waals surface area contributed by atoms with Gasteiger partial charge in [0, 0.05) is 36.8 Å². The first kappa shape index (κ1) is 21.9. The molecule has 176 valence electrons. The van der Waals surface area contributed by atoms with Gasteiger partial charge in [0.05, 0.1) is 17.9 Å². The topological polar surface area (TPSA) is 102 Å². The van der Waals surface area contributed by atoms with Gasteiger partial charge in [0.1, 0.15) is 11.6 Å². The summed E-state index contributed by atoms with van der Waals surface area (Å²) in [5.74, 6) is 2.31. The number of anilines is 1.